The zero-order valence-electron chi connectivity index (χ0n) is 13.4. The minimum absolute atomic E-state index is 0.103. The number of nitrogens with zero attached hydrogens (tertiary/aromatic N) is 1. The standard InChI is InChI=1S/C19H19ClFNO2/c1-2-3-4-13-11-23-19(24-12-13)15-6-8-18(22-10-15)14-5-7-16(20)17(21)9-14/h3-10,13,19H,2,11-12H2,1H3/b4-3+/t13-,19-. The topological polar surface area (TPSA) is 31.4 Å². The van der Waals surface area contributed by atoms with Crippen molar-refractivity contribution in [3.05, 3.63) is 65.1 Å². The molecule has 0 N–H and O–H groups in total. The van der Waals surface area contributed by atoms with Crippen molar-refractivity contribution in [2.45, 2.75) is 19.6 Å². The molecule has 1 fully saturated rings. The van der Waals surface area contributed by atoms with E-state index in [-0.39, 0.29) is 5.02 Å². The predicted molar refractivity (Wildman–Crippen MR) is 92.2 cm³/mol. The van der Waals surface area contributed by atoms with Crippen LogP contribution < -0.4 is 0 Å². The summed E-state index contributed by atoms with van der Waals surface area (Å²) in [5, 5.41) is 0.103. The smallest absolute Gasteiger partial charge is 0.185 e. The number of pyridine rings is 1. The molecule has 24 heavy (non-hydrogen) atoms. The molecule has 1 aromatic carbocycles. The number of aromatic nitrogens is 1. The van der Waals surface area contributed by atoms with Crippen molar-refractivity contribution in [3.63, 3.8) is 0 Å². The largest absolute Gasteiger partial charge is 0.348 e. The van der Waals surface area contributed by atoms with Gasteiger partial charge in [0.25, 0.3) is 0 Å². The van der Waals surface area contributed by atoms with E-state index in [1.54, 1.807) is 12.3 Å². The lowest BCUT2D eigenvalue weighted by Gasteiger charge is -2.28. The van der Waals surface area contributed by atoms with Crippen LogP contribution in [0.5, 0.6) is 0 Å². The SMILES string of the molecule is CC/C=C/[C@H]1CO[C@H](c2ccc(-c3ccc(Cl)c(F)c3)nc2)OC1. The van der Waals surface area contributed by atoms with Gasteiger partial charge in [0.05, 0.1) is 23.9 Å². The lowest BCUT2D eigenvalue weighted by molar-refractivity contribution is -0.197. The van der Waals surface area contributed by atoms with Crippen molar-refractivity contribution in [1.82, 2.24) is 4.98 Å². The van der Waals surface area contributed by atoms with Crippen molar-refractivity contribution in [2.24, 2.45) is 5.92 Å². The summed E-state index contributed by atoms with van der Waals surface area (Å²) in [6.07, 6.45) is 6.57. The van der Waals surface area contributed by atoms with Crippen molar-refractivity contribution >= 4 is 11.6 Å². The van der Waals surface area contributed by atoms with Crippen LogP contribution in [0.1, 0.15) is 25.2 Å². The van der Waals surface area contributed by atoms with Gasteiger partial charge in [0.2, 0.25) is 0 Å². The third kappa shape index (κ3) is 4.01. The molecule has 0 amide bonds. The second-order valence-electron chi connectivity index (χ2n) is 5.70. The van der Waals surface area contributed by atoms with E-state index in [2.05, 4.69) is 24.1 Å². The first-order chi connectivity index (χ1) is 11.7. The number of rotatable bonds is 4. The normalized spacial score (nSPS) is 21.3. The highest BCUT2D eigenvalue weighted by molar-refractivity contribution is 6.30. The summed E-state index contributed by atoms with van der Waals surface area (Å²) in [4.78, 5) is 4.38. The van der Waals surface area contributed by atoms with Crippen LogP contribution in [-0.4, -0.2) is 18.2 Å². The maximum atomic E-state index is 13.6. The maximum Gasteiger partial charge on any atom is 0.185 e. The molecule has 1 aliphatic rings. The molecule has 0 bridgehead atoms. The Labute approximate surface area is 146 Å². The summed E-state index contributed by atoms with van der Waals surface area (Å²) in [6.45, 7) is 3.36. The monoisotopic (exact) mass is 347 g/mol. The second kappa shape index (κ2) is 7.88. The van der Waals surface area contributed by atoms with Crippen LogP contribution in [0.25, 0.3) is 11.3 Å². The number of ether oxygens (including phenoxy) is 2. The first-order valence-electron chi connectivity index (χ1n) is 7.98. The van der Waals surface area contributed by atoms with Crippen LogP contribution in [0.15, 0.2) is 48.7 Å². The van der Waals surface area contributed by atoms with Gasteiger partial charge in [0.15, 0.2) is 6.29 Å². The summed E-state index contributed by atoms with van der Waals surface area (Å²) >= 11 is 5.71. The van der Waals surface area contributed by atoms with E-state index in [0.717, 1.165) is 12.0 Å². The van der Waals surface area contributed by atoms with Gasteiger partial charge in [-0.3, -0.25) is 4.98 Å². The zero-order valence-corrected chi connectivity index (χ0v) is 14.2. The van der Waals surface area contributed by atoms with Crippen LogP contribution in [0.4, 0.5) is 4.39 Å². The molecule has 2 aromatic rings. The molecule has 0 aliphatic carbocycles. The van der Waals surface area contributed by atoms with Gasteiger partial charge in [-0.2, -0.15) is 0 Å². The Morgan fingerprint density at radius 3 is 2.67 bits per heavy atom. The second-order valence-corrected chi connectivity index (χ2v) is 6.11. The van der Waals surface area contributed by atoms with Gasteiger partial charge in [0, 0.05) is 23.2 Å². The summed E-state index contributed by atoms with van der Waals surface area (Å²) in [6, 6.07) is 8.36. The molecule has 2 heterocycles. The molecule has 126 valence electrons. The van der Waals surface area contributed by atoms with Gasteiger partial charge in [-0.15, -0.1) is 0 Å². The molecule has 0 saturated carbocycles. The zero-order chi connectivity index (χ0) is 16.9. The molecular weight excluding hydrogens is 329 g/mol. The maximum absolute atomic E-state index is 13.6. The van der Waals surface area contributed by atoms with E-state index < -0.39 is 12.1 Å². The van der Waals surface area contributed by atoms with E-state index in [9.17, 15) is 4.39 Å². The van der Waals surface area contributed by atoms with Crippen LogP contribution >= 0.6 is 11.6 Å². The number of allylic oxidation sites excluding steroid dienone is 1. The molecule has 1 aromatic heterocycles. The lowest BCUT2D eigenvalue weighted by Crippen LogP contribution is -2.25. The molecule has 0 unspecified atom stereocenters. The third-order valence-corrected chi connectivity index (χ3v) is 4.15. The Morgan fingerprint density at radius 2 is 2.04 bits per heavy atom. The Bertz CT molecular complexity index is 710. The Balaban J connectivity index is 1.67. The average Bonchev–Trinajstić information content (AvgIpc) is 2.63. The Hall–Kier alpha value is -1.75. The fraction of sp³-hybridized carbons (Fsp3) is 0.316. The fourth-order valence-electron chi connectivity index (χ4n) is 2.52. The summed E-state index contributed by atoms with van der Waals surface area (Å²) in [5.41, 5.74) is 2.21. The number of hydrogen-bond acceptors (Lipinski definition) is 3. The molecule has 3 rings (SSSR count). The minimum Gasteiger partial charge on any atom is -0.348 e. The van der Waals surface area contributed by atoms with Crippen LogP contribution in [0.3, 0.4) is 0 Å². The number of halogens is 2. The Kier molecular flexibility index (Phi) is 5.61. The number of benzene rings is 1. The molecule has 0 atom stereocenters. The van der Waals surface area contributed by atoms with Crippen LogP contribution in [-0.2, 0) is 9.47 Å². The highest BCUT2D eigenvalue weighted by atomic mass is 35.5. The molecule has 5 heteroatoms. The fourth-order valence-corrected chi connectivity index (χ4v) is 2.64. The first kappa shape index (κ1) is 17.1. The molecule has 1 aliphatic heterocycles. The van der Waals surface area contributed by atoms with E-state index >= 15 is 0 Å². The molecule has 1 saturated heterocycles. The van der Waals surface area contributed by atoms with Gasteiger partial charge in [-0.1, -0.05) is 42.8 Å². The van der Waals surface area contributed by atoms with Gasteiger partial charge in [-0.25, -0.2) is 4.39 Å². The molecule has 0 spiro atoms. The van der Waals surface area contributed by atoms with Gasteiger partial charge in [-0.05, 0) is 24.6 Å². The molecular formula is C19H19ClFNO2. The van der Waals surface area contributed by atoms with Crippen molar-refractivity contribution in [3.8, 4) is 11.3 Å². The van der Waals surface area contributed by atoms with E-state index in [4.69, 9.17) is 21.1 Å². The first-order valence-corrected chi connectivity index (χ1v) is 8.36. The van der Waals surface area contributed by atoms with Gasteiger partial charge >= 0.3 is 0 Å². The van der Waals surface area contributed by atoms with Crippen molar-refractivity contribution in [1.29, 1.82) is 0 Å². The van der Waals surface area contributed by atoms with Crippen molar-refractivity contribution in [2.75, 3.05) is 13.2 Å². The highest BCUT2D eigenvalue weighted by Crippen LogP contribution is 2.27. The molecule has 3 nitrogen and oxygen atoms in total. The van der Waals surface area contributed by atoms with Crippen LogP contribution in [0, 0.1) is 11.7 Å². The summed E-state index contributed by atoms with van der Waals surface area (Å²) < 4.78 is 25.1. The minimum atomic E-state index is -0.454. The summed E-state index contributed by atoms with van der Waals surface area (Å²) in [5.74, 6) is -0.157. The lowest BCUT2D eigenvalue weighted by atomic mass is 10.1. The highest BCUT2D eigenvalue weighted by Gasteiger charge is 2.22. The third-order valence-electron chi connectivity index (χ3n) is 3.84. The summed E-state index contributed by atoms with van der Waals surface area (Å²) in [7, 11) is 0. The molecule has 0 radical (unpaired) electrons. The van der Waals surface area contributed by atoms with Crippen molar-refractivity contribution < 1.29 is 13.9 Å². The van der Waals surface area contributed by atoms with Gasteiger partial charge in [0.1, 0.15) is 5.82 Å². The quantitative estimate of drug-likeness (QED) is 0.715. The van der Waals surface area contributed by atoms with Gasteiger partial charge < -0.3 is 9.47 Å². The van der Waals surface area contributed by atoms with E-state index in [1.165, 1.54) is 12.1 Å². The van der Waals surface area contributed by atoms with Crippen LogP contribution in [0.2, 0.25) is 5.02 Å². The van der Waals surface area contributed by atoms with E-state index in [1.807, 2.05) is 12.1 Å². The predicted octanol–water partition coefficient (Wildman–Crippen LogP) is 5.17. The average molecular weight is 348 g/mol. The number of hydrogen-bond donors (Lipinski definition) is 0. The Morgan fingerprint density at radius 1 is 1.25 bits per heavy atom. The van der Waals surface area contributed by atoms with E-state index in [0.29, 0.717) is 30.4 Å².